The van der Waals surface area contributed by atoms with Crippen LogP contribution in [0.3, 0.4) is 0 Å². The van der Waals surface area contributed by atoms with Crippen molar-refractivity contribution < 1.29 is 19.0 Å². The number of allylic oxidation sites excluding steroid dienone is 1. The summed E-state index contributed by atoms with van der Waals surface area (Å²) in [5.41, 5.74) is 2.89. The Labute approximate surface area is 275 Å². The van der Waals surface area contributed by atoms with Gasteiger partial charge in [0.1, 0.15) is 24.1 Å². The molecule has 2 heterocycles. The van der Waals surface area contributed by atoms with Crippen molar-refractivity contribution in [2.24, 2.45) is 4.99 Å². The zero-order valence-electron chi connectivity index (χ0n) is 26.0. The normalized spacial score (nSPS) is 14.7. The zero-order valence-corrected chi connectivity index (χ0v) is 27.5. The van der Waals surface area contributed by atoms with E-state index in [1.807, 2.05) is 105 Å². The lowest BCUT2D eigenvalue weighted by atomic mass is 9.95. The van der Waals surface area contributed by atoms with E-state index in [2.05, 4.69) is 0 Å². The maximum atomic E-state index is 14.4. The van der Waals surface area contributed by atoms with Crippen LogP contribution in [0.2, 0.25) is 5.02 Å². The molecule has 4 aromatic carbocycles. The lowest BCUT2D eigenvalue weighted by molar-refractivity contribution is -0.139. The highest BCUT2D eigenvalue weighted by Crippen LogP contribution is 2.36. The molecule has 1 aromatic heterocycles. The molecule has 0 saturated heterocycles. The predicted octanol–water partition coefficient (Wildman–Crippen LogP) is 6.97. The summed E-state index contributed by atoms with van der Waals surface area (Å²) in [4.78, 5) is 33.1. The molecule has 0 aliphatic carbocycles. The third kappa shape index (κ3) is 6.23. The van der Waals surface area contributed by atoms with E-state index in [1.54, 1.807) is 18.4 Å². The van der Waals surface area contributed by atoms with Crippen LogP contribution in [0.15, 0.2) is 106 Å². The van der Waals surface area contributed by atoms with Gasteiger partial charge in [-0.25, -0.2) is 9.79 Å². The zero-order chi connectivity index (χ0) is 32.4. The van der Waals surface area contributed by atoms with Gasteiger partial charge in [0.2, 0.25) is 0 Å². The van der Waals surface area contributed by atoms with E-state index < -0.39 is 12.0 Å². The van der Waals surface area contributed by atoms with Crippen molar-refractivity contribution in [3.05, 3.63) is 138 Å². The number of hydrogen-bond acceptors (Lipinski definition) is 7. The smallest absolute Gasteiger partial charge is 0.338 e. The van der Waals surface area contributed by atoms with E-state index in [1.165, 1.54) is 11.3 Å². The summed E-state index contributed by atoms with van der Waals surface area (Å²) in [5, 5.41) is 2.58. The van der Waals surface area contributed by atoms with Crippen LogP contribution < -0.4 is 24.4 Å². The number of rotatable bonds is 9. The van der Waals surface area contributed by atoms with Gasteiger partial charge in [-0.15, -0.1) is 0 Å². The summed E-state index contributed by atoms with van der Waals surface area (Å²) in [5.74, 6) is 0.688. The average Bonchev–Trinajstić information content (AvgIpc) is 3.34. The van der Waals surface area contributed by atoms with E-state index in [0.717, 1.165) is 21.9 Å². The van der Waals surface area contributed by atoms with Crippen molar-refractivity contribution in [2.45, 2.75) is 46.4 Å². The van der Waals surface area contributed by atoms with Gasteiger partial charge >= 0.3 is 5.97 Å². The fourth-order valence-electron chi connectivity index (χ4n) is 5.62. The maximum Gasteiger partial charge on any atom is 0.338 e. The average molecular weight is 653 g/mol. The number of fused-ring (bicyclic) bond motifs is 2. The quantitative estimate of drug-likeness (QED) is 0.161. The molecule has 1 aliphatic heterocycles. The number of carbonyl (C=O) groups excluding carboxylic acids is 1. The van der Waals surface area contributed by atoms with Crippen molar-refractivity contribution in [2.75, 3.05) is 6.61 Å². The minimum Gasteiger partial charge on any atom is -0.491 e. The van der Waals surface area contributed by atoms with Gasteiger partial charge < -0.3 is 14.2 Å². The Bertz CT molecular complexity index is 2160. The number of para-hydroxylation sites is 1. The van der Waals surface area contributed by atoms with Gasteiger partial charge in [0.15, 0.2) is 4.80 Å². The standard InChI is InChI=1S/C37H33ClN2O5S/c1-5-43-36(42)33-23(4)39-37-40(34(33)28-15-8-9-16-31(28)45-22(2)3)35(41)32(46-37)20-29-27-14-7-6-12-25(27)17-18-30(29)44-21-24-11-10-13-26(38)19-24/h6-20,22,34H,5,21H2,1-4H3/b32-20-/t34-/m1/s1. The number of thiazole rings is 1. The van der Waals surface area contributed by atoms with Gasteiger partial charge in [-0.2, -0.15) is 0 Å². The molecule has 0 bridgehead atoms. The first kappa shape index (κ1) is 31.3. The molecule has 234 valence electrons. The summed E-state index contributed by atoms with van der Waals surface area (Å²) in [7, 11) is 0. The molecular weight excluding hydrogens is 620 g/mol. The minimum atomic E-state index is -0.793. The third-order valence-corrected chi connectivity index (χ3v) is 8.80. The molecule has 0 spiro atoms. The Morgan fingerprint density at radius 1 is 1.02 bits per heavy atom. The fourth-order valence-corrected chi connectivity index (χ4v) is 6.86. The first-order chi connectivity index (χ1) is 22.2. The molecule has 0 fully saturated rings. The van der Waals surface area contributed by atoms with Crippen LogP contribution in [-0.4, -0.2) is 23.2 Å². The number of aromatic nitrogens is 1. The van der Waals surface area contributed by atoms with Crippen LogP contribution in [-0.2, 0) is 16.1 Å². The Morgan fingerprint density at radius 3 is 2.59 bits per heavy atom. The topological polar surface area (TPSA) is 79.1 Å². The molecule has 0 unspecified atom stereocenters. The van der Waals surface area contributed by atoms with Gasteiger partial charge in [0.25, 0.3) is 5.56 Å². The Morgan fingerprint density at radius 2 is 1.80 bits per heavy atom. The van der Waals surface area contributed by atoms with E-state index in [0.29, 0.717) is 49.3 Å². The van der Waals surface area contributed by atoms with Gasteiger partial charge in [0, 0.05) is 16.1 Å². The number of benzene rings is 4. The lowest BCUT2D eigenvalue weighted by Crippen LogP contribution is -2.40. The summed E-state index contributed by atoms with van der Waals surface area (Å²) in [6.07, 6.45) is 1.74. The molecule has 0 saturated carbocycles. The maximum absolute atomic E-state index is 14.4. The van der Waals surface area contributed by atoms with Crippen molar-refractivity contribution in [1.82, 2.24) is 4.57 Å². The van der Waals surface area contributed by atoms with E-state index >= 15 is 0 Å². The molecule has 7 nitrogen and oxygen atoms in total. The van der Waals surface area contributed by atoms with Crippen molar-refractivity contribution in [3.63, 3.8) is 0 Å². The summed E-state index contributed by atoms with van der Waals surface area (Å²) < 4.78 is 20.0. The number of hydrogen-bond donors (Lipinski definition) is 0. The van der Waals surface area contributed by atoms with Gasteiger partial charge in [-0.05, 0) is 74.4 Å². The monoisotopic (exact) mass is 652 g/mol. The molecule has 5 aromatic rings. The SMILES string of the molecule is CCOC(=O)C1=C(C)N=c2s/c(=C\c3c(OCc4cccc(Cl)c4)ccc4ccccc34)c(=O)n2[C@@H]1c1ccccc1OC(C)C. The lowest BCUT2D eigenvalue weighted by Gasteiger charge is -2.26. The Hall–Kier alpha value is -4.66. The fraction of sp³-hybridized carbons (Fsp3) is 0.216. The van der Waals surface area contributed by atoms with E-state index in [-0.39, 0.29) is 18.3 Å². The highest BCUT2D eigenvalue weighted by Gasteiger charge is 2.35. The third-order valence-electron chi connectivity index (χ3n) is 7.58. The number of ether oxygens (including phenoxy) is 3. The second-order valence-electron chi connectivity index (χ2n) is 11.1. The number of carbonyl (C=O) groups is 1. The summed E-state index contributed by atoms with van der Waals surface area (Å²) in [6, 6.07) is 26.1. The highest BCUT2D eigenvalue weighted by molar-refractivity contribution is 7.07. The number of halogens is 1. The molecule has 0 amide bonds. The van der Waals surface area contributed by atoms with E-state index in [4.69, 9.17) is 30.8 Å². The van der Waals surface area contributed by atoms with Gasteiger partial charge in [0.05, 0.1) is 28.5 Å². The van der Waals surface area contributed by atoms with Crippen molar-refractivity contribution in [3.8, 4) is 11.5 Å². The van der Waals surface area contributed by atoms with Crippen LogP contribution in [0.4, 0.5) is 0 Å². The van der Waals surface area contributed by atoms with Crippen molar-refractivity contribution in [1.29, 1.82) is 0 Å². The van der Waals surface area contributed by atoms with Gasteiger partial charge in [-0.3, -0.25) is 9.36 Å². The van der Waals surface area contributed by atoms with Crippen molar-refractivity contribution >= 4 is 45.8 Å². The number of nitrogens with zero attached hydrogens (tertiary/aromatic N) is 2. The molecule has 6 rings (SSSR count). The number of esters is 1. The van der Waals surface area contributed by atoms with Gasteiger partial charge in [-0.1, -0.05) is 83.6 Å². The molecule has 0 radical (unpaired) electrons. The largest absolute Gasteiger partial charge is 0.491 e. The second kappa shape index (κ2) is 13.4. The van der Waals surface area contributed by atoms with Crippen LogP contribution in [0.1, 0.15) is 50.4 Å². The molecule has 1 atom stereocenters. The van der Waals surface area contributed by atoms with Crippen LogP contribution in [0, 0.1) is 0 Å². The Kier molecular flexibility index (Phi) is 9.10. The summed E-state index contributed by atoms with van der Waals surface area (Å²) in [6.45, 7) is 7.89. The first-order valence-electron chi connectivity index (χ1n) is 15.1. The minimum absolute atomic E-state index is 0.121. The highest BCUT2D eigenvalue weighted by atomic mass is 35.5. The second-order valence-corrected chi connectivity index (χ2v) is 12.6. The molecule has 1 aliphatic rings. The van der Waals surface area contributed by atoms with Crippen LogP contribution >= 0.6 is 22.9 Å². The summed E-state index contributed by atoms with van der Waals surface area (Å²) >= 11 is 7.48. The first-order valence-corrected chi connectivity index (χ1v) is 16.3. The molecule has 9 heteroatoms. The van der Waals surface area contributed by atoms with Crippen LogP contribution in [0.5, 0.6) is 11.5 Å². The van der Waals surface area contributed by atoms with Crippen LogP contribution in [0.25, 0.3) is 16.8 Å². The Balaban J connectivity index is 1.55. The predicted molar refractivity (Wildman–Crippen MR) is 182 cm³/mol. The molecular formula is C37H33ClN2O5S. The van der Waals surface area contributed by atoms with E-state index in [9.17, 15) is 9.59 Å². The molecule has 46 heavy (non-hydrogen) atoms. The molecule has 0 N–H and O–H groups in total.